The number of nitrogens with one attached hydrogen (secondary N) is 1. The molecule has 110 valence electrons. The molecule has 0 radical (unpaired) electrons. The van der Waals surface area contributed by atoms with Gasteiger partial charge in [0.05, 0.1) is 16.7 Å². The average molecular weight is 285 g/mol. The fourth-order valence-corrected chi connectivity index (χ4v) is 2.17. The quantitative estimate of drug-likeness (QED) is 0.642. The number of pyridine rings is 1. The zero-order valence-electron chi connectivity index (χ0n) is 12.3. The minimum Gasteiger partial charge on any atom is -0.370 e. The van der Waals surface area contributed by atoms with Crippen molar-refractivity contribution >= 4 is 11.5 Å². The minimum absolute atomic E-state index is 0.0496. The van der Waals surface area contributed by atoms with Crippen LogP contribution in [0.4, 0.5) is 11.5 Å². The van der Waals surface area contributed by atoms with Crippen molar-refractivity contribution in [1.29, 1.82) is 0 Å². The van der Waals surface area contributed by atoms with E-state index in [0.29, 0.717) is 18.1 Å². The Kier molecular flexibility index (Phi) is 4.87. The SMILES string of the molecule is CCCc1ccc(-c2cc([N+](=O)[O-])cc(NCC)n2)cc1. The van der Waals surface area contributed by atoms with Gasteiger partial charge in [-0.15, -0.1) is 0 Å². The van der Waals surface area contributed by atoms with E-state index in [1.54, 1.807) is 0 Å². The molecule has 0 unspecified atom stereocenters. The number of nitro groups is 1. The van der Waals surface area contributed by atoms with Gasteiger partial charge in [0, 0.05) is 18.2 Å². The normalized spacial score (nSPS) is 10.4. The van der Waals surface area contributed by atoms with Crippen molar-refractivity contribution in [3.05, 3.63) is 52.1 Å². The van der Waals surface area contributed by atoms with Crippen LogP contribution in [0, 0.1) is 10.1 Å². The summed E-state index contributed by atoms with van der Waals surface area (Å²) in [5, 5.41) is 14.1. The number of rotatable bonds is 6. The lowest BCUT2D eigenvalue weighted by molar-refractivity contribution is -0.384. The number of anilines is 1. The summed E-state index contributed by atoms with van der Waals surface area (Å²) in [7, 11) is 0. The molecule has 0 amide bonds. The molecule has 0 aliphatic carbocycles. The van der Waals surface area contributed by atoms with Crippen LogP contribution in [0.5, 0.6) is 0 Å². The Balaban J connectivity index is 2.39. The topological polar surface area (TPSA) is 68.1 Å². The summed E-state index contributed by atoms with van der Waals surface area (Å²) in [5.41, 5.74) is 2.81. The third-order valence-electron chi connectivity index (χ3n) is 3.17. The second-order valence-corrected chi connectivity index (χ2v) is 4.83. The molecule has 21 heavy (non-hydrogen) atoms. The van der Waals surface area contributed by atoms with E-state index >= 15 is 0 Å². The van der Waals surface area contributed by atoms with E-state index in [0.717, 1.165) is 18.4 Å². The summed E-state index contributed by atoms with van der Waals surface area (Å²) in [6.07, 6.45) is 2.13. The smallest absolute Gasteiger partial charge is 0.275 e. The van der Waals surface area contributed by atoms with Gasteiger partial charge in [-0.05, 0) is 18.9 Å². The molecule has 1 N–H and O–H groups in total. The van der Waals surface area contributed by atoms with Crippen molar-refractivity contribution in [2.45, 2.75) is 26.7 Å². The lowest BCUT2D eigenvalue weighted by Crippen LogP contribution is -2.01. The number of hydrogen-bond acceptors (Lipinski definition) is 4. The maximum atomic E-state index is 11.0. The van der Waals surface area contributed by atoms with E-state index < -0.39 is 4.92 Å². The standard InChI is InChI=1S/C16H19N3O2/c1-3-5-12-6-8-13(9-7-12)15-10-14(19(20)21)11-16(18-15)17-4-2/h6-11H,3-5H2,1-2H3,(H,17,18). The number of benzene rings is 1. The van der Waals surface area contributed by atoms with Crippen molar-refractivity contribution in [3.63, 3.8) is 0 Å². The Bertz CT molecular complexity index is 624. The van der Waals surface area contributed by atoms with E-state index in [9.17, 15) is 10.1 Å². The second kappa shape index (κ2) is 6.83. The Labute approximate surface area is 124 Å². The number of aryl methyl sites for hydroxylation is 1. The molecule has 0 fully saturated rings. The van der Waals surface area contributed by atoms with Crippen molar-refractivity contribution in [3.8, 4) is 11.3 Å². The molecule has 1 aromatic heterocycles. The summed E-state index contributed by atoms with van der Waals surface area (Å²) in [4.78, 5) is 15.1. The number of aromatic nitrogens is 1. The predicted molar refractivity (Wildman–Crippen MR) is 84.5 cm³/mol. The lowest BCUT2D eigenvalue weighted by atomic mass is 10.1. The van der Waals surface area contributed by atoms with Gasteiger partial charge in [-0.2, -0.15) is 0 Å². The molecule has 0 aliphatic rings. The average Bonchev–Trinajstić information content (AvgIpc) is 2.48. The Morgan fingerprint density at radius 3 is 2.48 bits per heavy atom. The zero-order chi connectivity index (χ0) is 15.2. The van der Waals surface area contributed by atoms with Gasteiger partial charge < -0.3 is 5.32 Å². The molecule has 0 saturated carbocycles. The summed E-state index contributed by atoms with van der Waals surface area (Å²) in [6, 6.07) is 11.0. The Morgan fingerprint density at radius 2 is 1.90 bits per heavy atom. The van der Waals surface area contributed by atoms with Crippen LogP contribution < -0.4 is 5.32 Å². The van der Waals surface area contributed by atoms with Gasteiger partial charge in [0.25, 0.3) is 5.69 Å². The summed E-state index contributed by atoms with van der Waals surface area (Å²) < 4.78 is 0. The Hall–Kier alpha value is -2.43. The van der Waals surface area contributed by atoms with Gasteiger partial charge in [-0.3, -0.25) is 10.1 Å². The van der Waals surface area contributed by atoms with E-state index in [4.69, 9.17) is 0 Å². The van der Waals surface area contributed by atoms with Crippen LogP contribution in [-0.4, -0.2) is 16.5 Å². The van der Waals surface area contributed by atoms with E-state index in [1.165, 1.54) is 17.7 Å². The highest BCUT2D eigenvalue weighted by Crippen LogP contribution is 2.25. The number of hydrogen-bond donors (Lipinski definition) is 1. The first-order valence-corrected chi connectivity index (χ1v) is 7.13. The minimum atomic E-state index is -0.391. The summed E-state index contributed by atoms with van der Waals surface area (Å²) in [6.45, 7) is 4.74. The highest BCUT2D eigenvalue weighted by atomic mass is 16.6. The monoisotopic (exact) mass is 285 g/mol. The largest absolute Gasteiger partial charge is 0.370 e. The van der Waals surface area contributed by atoms with Crippen molar-refractivity contribution in [2.24, 2.45) is 0 Å². The molecule has 0 bridgehead atoms. The van der Waals surface area contributed by atoms with E-state index in [2.05, 4.69) is 17.2 Å². The van der Waals surface area contributed by atoms with Crippen LogP contribution in [0.1, 0.15) is 25.8 Å². The maximum Gasteiger partial charge on any atom is 0.275 e. The van der Waals surface area contributed by atoms with Crippen LogP contribution in [0.3, 0.4) is 0 Å². The molecule has 1 heterocycles. The van der Waals surface area contributed by atoms with E-state index in [-0.39, 0.29) is 5.69 Å². The van der Waals surface area contributed by atoms with Gasteiger partial charge >= 0.3 is 0 Å². The molecule has 2 aromatic rings. The molecule has 1 aromatic carbocycles. The molecule has 0 saturated heterocycles. The molecule has 0 spiro atoms. The molecule has 5 heteroatoms. The molecular weight excluding hydrogens is 266 g/mol. The van der Waals surface area contributed by atoms with Crippen LogP contribution >= 0.6 is 0 Å². The zero-order valence-corrected chi connectivity index (χ0v) is 12.3. The summed E-state index contributed by atoms with van der Waals surface area (Å²) in [5.74, 6) is 0.527. The highest BCUT2D eigenvalue weighted by Gasteiger charge is 2.12. The van der Waals surface area contributed by atoms with Gasteiger partial charge in [0.2, 0.25) is 0 Å². The molecule has 2 rings (SSSR count). The van der Waals surface area contributed by atoms with E-state index in [1.807, 2.05) is 31.2 Å². The number of nitrogens with zero attached hydrogens (tertiary/aromatic N) is 2. The maximum absolute atomic E-state index is 11.0. The van der Waals surface area contributed by atoms with Crippen molar-refractivity contribution in [1.82, 2.24) is 4.98 Å². The van der Waals surface area contributed by atoms with Gasteiger partial charge in [-0.25, -0.2) is 4.98 Å². The fraction of sp³-hybridized carbons (Fsp3) is 0.312. The van der Waals surface area contributed by atoms with Crippen LogP contribution in [0.2, 0.25) is 0 Å². The van der Waals surface area contributed by atoms with Crippen molar-refractivity contribution < 1.29 is 4.92 Å². The van der Waals surface area contributed by atoms with Gasteiger partial charge in [0.1, 0.15) is 5.82 Å². The summed E-state index contributed by atoms with van der Waals surface area (Å²) >= 11 is 0. The first-order valence-electron chi connectivity index (χ1n) is 7.13. The molecular formula is C16H19N3O2. The highest BCUT2D eigenvalue weighted by molar-refractivity contribution is 5.65. The first-order chi connectivity index (χ1) is 10.1. The third kappa shape index (κ3) is 3.78. The van der Waals surface area contributed by atoms with Gasteiger partial charge in [0.15, 0.2) is 0 Å². The third-order valence-corrected chi connectivity index (χ3v) is 3.17. The Morgan fingerprint density at radius 1 is 1.19 bits per heavy atom. The van der Waals surface area contributed by atoms with Crippen LogP contribution in [0.25, 0.3) is 11.3 Å². The predicted octanol–water partition coefficient (Wildman–Crippen LogP) is 4.04. The van der Waals surface area contributed by atoms with Crippen LogP contribution in [-0.2, 0) is 6.42 Å². The fourth-order valence-electron chi connectivity index (χ4n) is 2.17. The molecule has 5 nitrogen and oxygen atoms in total. The van der Waals surface area contributed by atoms with Gasteiger partial charge in [-0.1, -0.05) is 37.6 Å². The van der Waals surface area contributed by atoms with Crippen LogP contribution in [0.15, 0.2) is 36.4 Å². The second-order valence-electron chi connectivity index (χ2n) is 4.83. The molecule has 0 atom stereocenters. The van der Waals surface area contributed by atoms with Crippen molar-refractivity contribution in [2.75, 3.05) is 11.9 Å². The lowest BCUT2D eigenvalue weighted by Gasteiger charge is -2.07. The molecule has 0 aliphatic heterocycles. The first kappa shape index (κ1) is 15.0.